The molecule has 12 heteroatoms. The molecule has 24 heavy (non-hydrogen) atoms. The van der Waals surface area contributed by atoms with Crippen LogP contribution in [0.3, 0.4) is 0 Å². The average Bonchev–Trinajstić information content (AvgIpc) is 2.90. The Hall–Kier alpha value is -3.15. The van der Waals surface area contributed by atoms with Gasteiger partial charge >= 0.3 is 0 Å². The van der Waals surface area contributed by atoms with E-state index in [1.807, 2.05) is 0 Å². The molecule has 0 radical (unpaired) electrons. The van der Waals surface area contributed by atoms with Crippen molar-refractivity contribution in [3.63, 3.8) is 0 Å². The van der Waals surface area contributed by atoms with Crippen LogP contribution in [0.15, 0.2) is 23.4 Å². The summed E-state index contributed by atoms with van der Waals surface area (Å²) >= 11 is 0. The minimum atomic E-state index is -3.69. The normalized spacial score (nSPS) is 11.8. The molecule has 0 amide bonds. The maximum Gasteiger partial charge on any atom is 0.280 e. The lowest BCUT2D eigenvalue weighted by Crippen LogP contribution is -2.11. The van der Waals surface area contributed by atoms with Crippen molar-refractivity contribution in [1.82, 2.24) is 24.6 Å². The molecule has 124 valence electrons. The highest BCUT2D eigenvalue weighted by Crippen LogP contribution is 2.28. The van der Waals surface area contributed by atoms with Crippen molar-refractivity contribution in [1.29, 1.82) is 0 Å². The second-order valence-corrected chi connectivity index (χ2v) is 6.97. The Bertz CT molecular complexity index is 1090. The molecule has 0 fully saturated rings. The van der Waals surface area contributed by atoms with E-state index in [1.165, 1.54) is 6.07 Å². The predicted molar refractivity (Wildman–Crippen MR) is 82.9 cm³/mol. The molecular weight excluding hydrogens is 338 g/mol. The summed E-state index contributed by atoms with van der Waals surface area (Å²) in [5.41, 5.74) is 6.44. The van der Waals surface area contributed by atoms with E-state index >= 15 is 0 Å². The molecule has 2 N–H and O–H groups in total. The number of sulfone groups is 1. The summed E-state index contributed by atoms with van der Waals surface area (Å²) in [5, 5.41) is 14.7. The van der Waals surface area contributed by atoms with Gasteiger partial charge in [-0.3, -0.25) is 10.1 Å². The van der Waals surface area contributed by atoms with Gasteiger partial charge in [0.05, 0.1) is 10.5 Å². The molecule has 3 aromatic rings. The zero-order chi connectivity index (χ0) is 17.6. The molecule has 2 heterocycles. The lowest BCUT2D eigenvalue weighted by atomic mass is 10.1. The third-order valence-corrected chi connectivity index (χ3v) is 3.98. The van der Waals surface area contributed by atoms with Crippen LogP contribution in [0.25, 0.3) is 17.2 Å². The summed E-state index contributed by atoms with van der Waals surface area (Å²) in [6, 6.07) is 4.48. The molecule has 0 spiro atoms. The summed E-state index contributed by atoms with van der Waals surface area (Å²) in [7, 11) is -3.69. The number of anilines is 1. The molecule has 3 rings (SSSR count). The molecule has 0 aliphatic rings. The van der Waals surface area contributed by atoms with Crippen LogP contribution >= 0.6 is 0 Å². The first kappa shape index (κ1) is 15.7. The summed E-state index contributed by atoms with van der Waals surface area (Å²) in [6.07, 6.45) is 0.931. The van der Waals surface area contributed by atoms with Crippen molar-refractivity contribution in [2.75, 3.05) is 12.0 Å². The first-order valence-electron chi connectivity index (χ1n) is 6.52. The lowest BCUT2D eigenvalue weighted by molar-refractivity contribution is -0.384. The predicted octanol–water partition coefficient (Wildman–Crippen LogP) is 0.389. The Morgan fingerprint density at radius 1 is 1.25 bits per heavy atom. The topological polar surface area (TPSA) is 159 Å². The van der Waals surface area contributed by atoms with Gasteiger partial charge in [0.15, 0.2) is 5.82 Å². The summed E-state index contributed by atoms with van der Waals surface area (Å²) in [4.78, 5) is 22.1. The first-order chi connectivity index (χ1) is 11.2. The standard InChI is InChI=1S/C12H11N7O4S/c1-6-3-4-8(19(20)21)7(5-6)9-14-11-16-12(24(2,22)23)15-10(13)18(11)17-9/h3-5H,1-2H3,(H2,13,14,15,16,17). The van der Waals surface area contributed by atoms with Gasteiger partial charge < -0.3 is 5.73 Å². The zero-order valence-corrected chi connectivity index (χ0v) is 13.4. The quantitative estimate of drug-likeness (QED) is 0.521. The van der Waals surface area contributed by atoms with Crippen LogP contribution in [0.5, 0.6) is 0 Å². The van der Waals surface area contributed by atoms with Crippen LogP contribution in [0, 0.1) is 17.0 Å². The number of fused-ring (bicyclic) bond motifs is 1. The fourth-order valence-electron chi connectivity index (χ4n) is 2.05. The van der Waals surface area contributed by atoms with Crippen LogP contribution in [-0.4, -0.2) is 44.2 Å². The Balaban J connectivity index is 2.28. The Labute approximate surface area is 135 Å². The Morgan fingerprint density at radius 2 is 1.96 bits per heavy atom. The number of nitro benzene ring substituents is 1. The summed E-state index contributed by atoms with van der Waals surface area (Å²) < 4.78 is 24.2. The van der Waals surface area contributed by atoms with E-state index < -0.39 is 19.9 Å². The molecule has 0 atom stereocenters. The summed E-state index contributed by atoms with van der Waals surface area (Å²) in [6.45, 7) is 1.76. The highest BCUT2D eigenvalue weighted by molar-refractivity contribution is 7.90. The molecule has 0 unspecified atom stereocenters. The third kappa shape index (κ3) is 2.62. The minimum absolute atomic E-state index is 0.00273. The Morgan fingerprint density at radius 3 is 2.58 bits per heavy atom. The van der Waals surface area contributed by atoms with Crippen molar-refractivity contribution >= 4 is 27.3 Å². The highest BCUT2D eigenvalue weighted by Gasteiger charge is 2.22. The fourth-order valence-corrected chi connectivity index (χ4v) is 2.56. The number of nitrogens with zero attached hydrogens (tertiary/aromatic N) is 6. The fraction of sp³-hybridized carbons (Fsp3) is 0.167. The largest absolute Gasteiger partial charge is 0.368 e. The maximum atomic E-state index is 11.6. The van der Waals surface area contributed by atoms with E-state index in [0.29, 0.717) is 0 Å². The number of hydrogen-bond donors (Lipinski definition) is 1. The van der Waals surface area contributed by atoms with Gasteiger partial charge in [-0.2, -0.15) is 19.5 Å². The van der Waals surface area contributed by atoms with Gasteiger partial charge in [-0.05, 0) is 18.6 Å². The number of hydrogen-bond acceptors (Lipinski definition) is 9. The van der Waals surface area contributed by atoms with Crippen LogP contribution in [0.2, 0.25) is 0 Å². The van der Waals surface area contributed by atoms with Crippen molar-refractivity contribution in [2.45, 2.75) is 12.1 Å². The number of aromatic nitrogens is 5. The molecular formula is C12H11N7O4S. The van der Waals surface area contributed by atoms with Crippen LogP contribution in [0.4, 0.5) is 11.6 Å². The van der Waals surface area contributed by atoms with Crippen molar-refractivity contribution in [3.05, 3.63) is 33.9 Å². The average molecular weight is 349 g/mol. The summed E-state index contributed by atoms with van der Waals surface area (Å²) in [5.74, 6) is -0.361. The van der Waals surface area contributed by atoms with E-state index in [1.54, 1.807) is 19.1 Å². The van der Waals surface area contributed by atoms with E-state index in [9.17, 15) is 18.5 Å². The van der Waals surface area contributed by atoms with Gasteiger partial charge in [-0.15, -0.1) is 5.10 Å². The van der Waals surface area contributed by atoms with Crippen molar-refractivity contribution in [3.8, 4) is 11.4 Å². The monoisotopic (exact) mass is 349 g/mol. The molecule has 11 nitrogen and oxygen atoms in total. The number of nitrogens with two attached hydrogens (primary N) is 1. The molecule has 1 aromatic carbocycles. The molecule has 2 aromatic heterocycles. The molecule has 0 saturated heterocycles. The number of benzene rings is 1. The number of nitro groups is 1. The van der Waals surface area contributed by atoms with E-state index in [2.05, 4.69) is 20.1 Å². The molecule has 0 bridgehead atoms. The SMILES string of the molecule is Cc1ccc([N+](=O)[O-])c(-c2nc3nc(S(C)(=O)=O)nc(N)n3n2)c1. The highest BCUT2D eigenvalue weighted by atomic mass is 32.2. The second kappa shape index (κ2) is 5.19. The van der Waals surface area contributed by atoms with Gasteiger partial charge in [-0.25, -0.2) is 8.42 Å². The number of rotatable bonds is 3. The van der Waals surface area contributed by atoms with Gasteiger partial charge in [-0.1, -0.05) is 6.07 Å². The number of nitrogen functional groups attached to an aromatic ring is 1. The Kier molecular flexibility index (Phi) is 3.41. The maximum absolute atomic E-state index is 11.6. The molecule has 0 aliphatic heterocycles. The zero-order valence-electron chi connectivity index (χ0n) is 12.5. The van der Waals surface area contributed by atoms with E-state index in [4.69, 9.17) is 5.73 Å². The molecule has 0 saturated carbocycles. The first-order valence-corrected chi connectivity index (χ1v) is 8.42. The third-order valence-electron chi connectivity index (χ3n) is 3.13. The minimum Gasteiger partial charge on any atom is -0.368 e. The van der Waals surface area contributed by atoms with E-state index in [-0.39, 0.29) is 28.8 Å². The van der Waals surface area contributed by atoms with Crippen molar-refractivity contribution in [2.24, 2.45) is 0 Å². The van der Waals surface area contributed by atoms with Crippen LogP contribution < -0.4 is 5.73 Å². The van der Waals surface area contributed by atoms with E-state index in [0.717, 1.165) is 16.3 Å². The van der Waals surface area contributed by atoms with Gasteiger partial charge in [0.1, 0.15) is 0 Å². The molecule has 0 aliphatic carbocycles. The van der Waals surface area contributed by atoms with Gasteiger partial charge in [0, 0.05) is 12.3 Å². The lowest BCUT2D eigenvalue weighted by Gasteiger charge is -2.00. The second-order valence-electron chi connectivity index (χ2n) is 5.06. The van der Waals surface area contributed by atoms with Crippen LogP contribution in [0.1, 0.15) is 5.56 Å². The number of aryl methyl sites for hydroxylation is 1. The van der Waals surface area contributed by atoms with Gasteiger partial charge in [0.25, 0.3) is 16.6 Å². The van der Waals surface area contributed by atoms with Gasteiger partial charge in [0.2, 0.25) is 15.8 Å². The van der Waals surface area contributed by atoms with Crippen molar-refractivity contribution < 1.29 is 13.3 Å². The van der Waals surface area contributed by atoms with Crippen LogP contribution in [-0.2, 0) is 9.84 Å². The smallest absolute Gasteiger partial charge is 0.280 e.